The van der Waals surface area contributed by atoms with Crippen molar-refractivity contribution >= 4 is 8.07 Å². The van der Waals surface area contributed by atoms with Crippen molar-refractivity contribution in [1.29, 1.82) is 0 Å². The molecular formula is C17H25FN2O5Si. The molecule has 1 unspecified atom stereocenters. The van der Waals surface area contributed by atoms with Crippen molar-refractivity contribution < 1.29 is 19.3 Å². The molecule has 0 amide bonds. The number of ether oxygens (including phenoxy) is 1. The monoisotopic (exact) mass is 384 g/mol. The molecule has 0 spiro atoms. The number of aromatic nitrogens is 2. The second-order valence-electron chi connectivity index (χ2n) is 6.48. The fourth-order valence-corrected chi connectivity index (χ4v) is 5.49. The zero-order valence-corrected chi connectivity index (χ0v) is 16.2. The van der Waals surface area contributed by atoms with Crippen LogP contribution in [-0.4, -0.2) is 52.8 Å². The van der Waals surface area contributed by atoms with E-state index in [4.69, 9.17) is 9.84 Å². The van der Waals surface area contributed by atoms with Gasteiger partial charge in [-0.1, -0.05) is 26.7 Å². The third-order valence-electron chi connectivity index (χ3n) is 5.21. The van der Waals surface area contributed by atoms with Crippen molar-refractivity contribution in [3.63, 3.8) is 0 Å². The first-order valence-electron chi connectivity index (χ1n) is 8.79. The van der Waals surface area contributed by atoms with Crippen molar-refractivity contribution in [1.82, 2.24) is 9.55 Å². The SMILES string of the molecule is CC[Si](C#Cc1cn([C@@H]2O[C@H](CO)C(O)[C@@H]2F)c(=O)[nH]c1=O)(CC)CC. The van der Waals surface area contributed by atoms with Gasteiger partial charge in [-0.05, 0) is 18.1 Å². The second-order valence-corrected chi connectivity index (χ2v) is 11.4. The number of halogens is 1. The van der Waals surface area contributed by atoms with Crippen molar-refractivity contribution in [3.05, 3.63) is 32.6 Å². The van der Waals surface area contributed by atoms with Crippen LogP contribution in [0.1, 0.15) is 32.6 Å². The third-order valence-corrected chi connectivity index (χ3v) is 9.92. The summed E-state index contributed by atoms with van der Waals surface area (Å²) in [4.78, 5) is 26.3. The van der Waals surface area contributed by atoms with Crippen LogP contribution < -0.4 is 11.2 Å². The predicted molar refractivity (Wildman–Crippen MR) is 97.3 cm³/mol. The molecule has 0 saturated carbocycles. The normalized spacial score (nSPS) is 25.8. The quantitative estimate of drug-likeness (QED) is 0.507. The highest BCUT2D eigenvalue weighted by Crippen LogP contribution is 2.30. The number of H-pyrrole nitrogens is 1. The van der Waals surface area contributed by atoms with E-state index in [0.717, 1.165) is 28.9 Å². The molecule has 0 radical (unpaired) electrons. The highest BCUT2D eigenvalue weighted by atomic mass is 28.3. The summed E-state index contributed by atoms with van der Waals surface area (Å²) in [6, 6.07) is 2.85. The molecule has 0 aliphatic carbocycles. The van der Waals surface area contributed by atoms with E-state index < -0.39 is 50.5 Å². The molecule has 2 rings (SSSR count). The Labute approximate surface area is 151 Å². The lowest BCUT2D eigenvalue weighted by Crippen LogP contribution is -2.37. The number of hydrogen-bond acceptors (Lipinski definition) is 5. The maximum atomic E-state index is 14.3. The van der Waals surface area contributed by atoms with E-state index in [9.17, 15) is 19.1 Å². The number of aromatic amines is 1. The van der Waals surface area contributed by atoms with Crippen LogP contribution in [0, 0.1) is 11.5 Å². The molecule has 0 aromatic carbocycles. The Kier molecular flexibility index (Phi) is 6.57. The Morgan fingerprint density at radius 1 is 1.31 bits per heavy atom. The van der Waals surface area contributed by atoms with Gasteiger partial charge in [-0.3, -0.25) is 14.3 Å². The Balaban J connectivity index is 2.46. The smallest absolute Gasteiger partial charge is 0.330 e. The first-order chi connectivity index (χ1) is 12.3. The lowest BCUT2D eigenvalue weighted by Gasteiger charge is -2.20. The highest BCUT2D eigenvalue weighted by molar-refractivity contribution is 6.87. The minimum atomic E-state index is -1.91. The van der Waals surface area contributed by atoms with Crippen LogP contribution in [0.25, 0.3) is 0 Å². The minimum absolute atomic E-state index is 0.0505. The molecule has 144 valence electrons. The molecule has 1 saturated heterocycles. The van der Waals surface area contributed by atoms with Crippen molar-refractivity contribution in [2.75, 3.05) is 6.61 Å². The van der Waals surface area contributed by atoms with Gasteiger partial charge in [-0.2, -0.15) is 0 Å². The Morgan fingerprint density at radius 3 is 2.42 bits per heavy atom. The summed E-state index contributed by atoms with van der Waals surface area (Å²) in [5.74, 6) is 2.87. The van der Waals surface area contributed by atoms with E-state index in [1.165, 1.54) is 0 Å². The number of rotatable bonds is 5. The van der Waals surface area contributed by atoms with Crippen LogP contribution in [0.4, 0.5) is 4.39 Å². The molecule has 1 aromatic rings. The van der Waals surface area contributed by atoms with Gasteiger partial charge in [0.05, 0.1) is 6.61 Å². The highest BCUT2D eigenvalue weighted by Gasteiger charge is 2.45. The van der Waals surface area contributed by atoms with Crippen LogP contribution in [0.3, 0.4) is 0 Å². The largest absolute Gasteiger partial charge is 0.394 e. The molecule has 2 heterocycles. The molecule has 7 nitrogen and oxygen atoms in total. The first kappa shape index (κ1) is 20.6. The Morgan fingerprint density at radius 2 is 1.92 bits per heavy atom. The summed E-state index contributed by atoms with van der Waals surface area (Å²) in [7, 11) is -1.81. The fraction of sp³-hybridized carbons (Fsp3) is 0.647. The van der Waals surface area contributed by atoms with Crippen LogP contribution in [0.15, 0.2) is 15.8 Å². The molecule has 3 N–H and O–H groups in total. The van der Waals surface area contributed by atoms with Gasteiger partial charge in [-0.25, -0.2) is 9.18 Å². The van der Waals surface area contributed by atoms with Gasteiger partial charge in [0.25, 0.3) is 5.56 Å². The molecule has 9 heteroatoms. The standard InChI is InChI=1S/C17H25FN2O5Si/c1-4-26(5-2,6-3)8-7-11-9-20(17(24)19-15(11)23)16-13(18)14(22)12(10-21)25-16/h9,12-14,16,21-22H,4-6,10H2,1-3H3,(H,19,23,24)/t12-,13+,14?,16-/m1/s1. The van der Waals surface area contributed by atoms with Gasteiger partial charge in [0, 0.05) is 6.20 Å². The lowest BCUT2D eigenvalue weighted by atomic mass is 10.1. The Hall–Kier alpha value is -1.73. The number of nitrogens with one attached hydrogen (secondary N) is 1. The van der Waals surface area contributed by atoms with Gasteiger partial charge in [0.1, 0.15) is 25.8 Å². The van der Waals surface area contributed by atoms with Crippen LogP contribution in [0.5, 0.6) is 0 Å². The van der Waals surface area contributed by atoms with E-state index in [1.807, 2.05) is 0 Å². The molecule has 1 fully saturated rings. The summed E-state index contributed by atoms with van der Waals surface area (Å²) >= 11 is 0. The number of hydrogen-bond donors (Lipinski definition) is 3. The minimum Gasteiger partial charge on any atom is -0.394 e. The van der Waals surface area contributed by atoms with Crippen molar-refractivity contribution in [3.8, 4) is 11.5 Å². The van der Waals surface area contributed by atoms with Crippen molar-refractivity contribution in [2.24, 2.45) is 0 Å². The average Bonchev–Trinajstić information content (AvgIpc) is 2.93. The summed E-state index contributed by atoms with van der Waals surface area (Å²) in [5.41, 5.74) is 1.80. The Bertz CT molecular complexity index is 800. The molecule has 26 heavy (non-hydrogen) atoms. The summed E-state index contributed by atoms with van der Waals surface area (Å²) in [6.07, 6.45) is -4.87. The van der Waals surface area contributed by atoms with Gasteiger partial charge in [-0.15, -0.1) is 5.54 Å². The van der Waals surface area contributed by atoms with Crippen LogP contribution in [-0.2, 0) is 4.74 Å². The average molecular weight is 384 g/mol. The first-order valence-corrected chi connectivity index (χ1v) is 11.4. The van der Waals surface area contributed by atoms with Gasteiger partial charge < -0.3 is 14.9 Å². The maximum Gasteiger partial charge on any atom is 0.330 e. The second kappa shape index (κ2) is 8.31. The zero-order chi connectivity index (χ0) is 19.5. The molecule has 1 aromatic heterocycles. The van der Waals surface area contributed by atoms with E-state index in [2.05, 4.69) is 37.2 Å². The van der Waals surface area contributed by atoms with E-state index in [1.54, 1.807) is 0 Å². The molecular weight excluding hydrogens is 359 g/mol. The van der Waals surface area contributed by atoms with E-state index in [0.29, 0.717) is 0 Å². The van der Waals surface area contributed by atoms with Crippen LogP contribution in [0.2, 0.25) is 18.1 Å². The number of alkyl halides is 1. The lowest BCUT2D eigenvalue weighted by molar-refractivity contribution is -0.0491. The van der Waals surface area contributed by atoms with Gasteiger partial charge >= 0.3 is 5.69 Å². The summed E-state index contributed by atoms with van der Waals surface area (Å²) < 4.78 is 20.4. The van der Waals surface area contributed by atoms with E-state index in [-0.39, 0.29) is 5.56 Å². The molecule has 1 aliphatic heterocycles. The summed E-state index contributed by atoms with van der Waals surface area (Å²) in [6.45, 7) is 5.65. The number of aliphatic hydroxyl groups excluding tert-OH is 2. The predicted octanol–water partition coefficient (Wildman–Crippen LogP) is 0.524. The maximum absolute atomic E-state index is 14.3. The van der Waals surface area contributed by atoms with E-state index >= 15 is 0 Å². The number of nitrogens with zero attached hydrogens (tertiary/aromatic N) is 1. The van der Waals surface area contributed by atoms with Gasteiger partial charge in [0.2, 0.25) is 0 Å². The molecule has 4 atom stereocenters. The molecule has 0 bridgehead atoms. The molecule has 1 aliphatic rings. The van der Waals surface area contributed by atoms with Crippen molar-refractivity contribution in [2.45, 2.75) is 63.5 Å². The fourth-order valence-electron chi connectivity index (χ4n) is 3.06. The van der Waals surface area contributed by atoms with Crippen LogP contribution >= 0.6 is 0 Å². The topological polar surface area (TPSA) is 105 Å². The summed E-state index contributed by atoms with van der Waals surface area (Å²) in [5, 5.41) is 18.9. The number of aliphatic hydroxyl groups is 2. The zero-order valence-electron chi connectivity index (χ0n) is 15.2. The van der Waals surface area contributed by atoms with Gasteiger partial charge in [0.15, 0.2) is 12.4 Å². The third kappa shape index (κ3) is 3.83.